The zero-order valence-corrected chi connectivity index (χ0v) is 8.97. The molecule has 1 aromatic carbocycles. The Bertz CT molecular complexity index is 334. The van der Waals surface area contributed by atoms with E-state index in [2.05, 4.69) is 0 Å². The molecule has 1 atom stereocenters. The molecule has 1 aromatic rings. The fourth-order valence-electron chi connectivity index (χ4n) is 1.45. The van der Waals surface area contributed by atoms with Crippen molar-refractivity contribution < 1.29 is 9.66 Å². The molecule has 1 unspecified atom stereocenters. The molecule has 0 aromatic heterocycles. The summed E-state index contributed by atoms with van der Waals surface area (Å²) in [5.74, 6) is 0. The molecule has 0 radical (unpaired) electrons. The summed E-state index contributed by atoms with van der Waals surface area (Å²) in [6.07, 6.45) is 1.75. The molecular formula is C11H15NO3. The summed E-state index contributed by atoms with van der Waals surface area (Å²) in [6, 6.07) is 6.68. The number of rotatable bonds is 5. The van der Waals surface area contributed by atoms with E-state index in [9.17, 15) is 10.1 Å². The predicted molar refractivity (Wildman–Crippen MR) is 57.9 cm³/mol. The Morgan fingerprint density at radius 2 is 2.27 bits per heavy atom. The lowest BCUT2D eigenvalue weighted by molar-refractivity contribution is -0.384. The van der Waals surface area contributed by atoms with Crippen LogP contribution in [0, 0.1) is 10.1 Å². The van der Waals surface area contributed by atoms with Crippen LogP contribution in [0.2, 0.25) is 0 Å². The summed E-state index contributed by atoms with van der Waals surface area (Å²) in [4.78, 5) is 10.2. The molecule has 0 saturated heterocycles. The highest BCUT2D eigenvalue weighted by molar-refractivity contribution is 5.34. The molecule has 0 N–H and O–H groups in total. The number of methoxy groups -OCH3 is 1. The maximum absolute atomic E-state index is 10.6. The largest absolute Gasteiger partial charge is 0.381 e. The second-order valence-electron chi connectivity index (χ2n) is 3.40. The average molecular weight is 209 g/mol. The van der Waals surface area contributed by atoms with E-state index in [4.69, 9.17) is 4.74 Å². The second kappa shape index (κ2) is 5.46. The number of benzene rings is 1. The van der Waals surface area contributed by atoms with E-state index in [1.54, 1.807) is 19.2 Å². The van der Waals surface area contributed by atoms with Crippen molar-refractivity contribution in [1.82, 2.24) is 0 Å². The number of non-ortho nitro benzene ring substituents is 1. The van der Waals surface area contributed by atoms with Gasteiger partial charge in [-0.15, -0.1) is 0 Å². The zero-order chi connectivity index (χ0) is 11.3. The number of ether oxygens (including phenoxy) is 1. The normalized spacial score (nSPS) is 12.4. The Labute approximate surface area is 89.0 Å². The Morgan fingerprint density at radius 1 is 1.53 bits per heavy atom. The van der Waals surface area contributed by atoms with Crippen LogP contribution in [0.5, 0.6) is 0 Å². The number of nitro groups is 1. The van der Waals surface area contributed by atoms with Crippen LogP contribution in [-0.4, -0.2) is 18.1 Å². The van der Waals surface area contributed by atoms with Crippen LogP contribution in [0.1, 0.15) is 18.9 Å². The van der Waals surface area contributed by atoms with E-state index in [-0.39, 0.29) is 16.7 Å². The van der Waals surface area contributed by atoms with Gasteiger partial charge in [-0.2, -0.15) is 0 Å². The molecule has 0 aliphatic rings. The molecule has 0 bridgehead atoms. The fourth-order valence-corrected chi connectivity index (χ4v) is 1.45. The SMILES string of the molecule is CCC(Cc1cccc([N+](=O)[O-])c1)OC. The van der Waals surface area contributed by atoms with Crippen LogP contribution in [0.15, 0.2) is 24.3 Å². The summed E-state index contributed by atoms with van der Waals surface area (Å²) in [6.45, 7) is 2.03. The first-order valence-electron chi connectivity index (χ1n) is 4.93. The van der Waals surface area contributed by atoms with Crippen molar-refractivity contribution in [2.45, 2.75) is 25.9 Å². The lowest BCUT2D eigenvalue weighted by Crippen LogP contribution is -2.12. The Kier molecular flexibility index (Phi) is 4.24. The van der Waals surface area contributed by atoms with Crippen molar-refractivity contribution in [3.05, 3.63) is 39.9 Å². The summed E-state index contributed by atoms with van der Waals surface area (Å²) in [5.41, 5.74) is 1.08. The van der Waals surface area contributed by atoms with Gasteiger partial charge in [0.15, 0.2) is 0 Å². The Balaban J connectivity index is 2.77. The first-order chi connectivity index (χ1) is 7.17. The molecule has 0 fully saturated rings. The third kappa shape index (κ3) is 3.32. The van der Waals surface area contributed by atoms with E-state index in [1.165, 1.54) is 6.07 Å². The van der Waals surface area contributed by atoms with Crippen molar-refractivity contribution >= 4 is 5.69 Å². The van der Waals surface area contributed by atoms with Gasteiger partial charge in [-0.1, -0.05) is 19.1 Å². The lowest BCUT2D eigenvalue weighted by Gasteiger charge is -2.12. The summed E-state index contributed by atoms with van der Waals surface area (Å²) < 4.78 is 5.23. The number of hydrogen-bond acceptors (Lipinski definition) is 3. The van der Waals surface area contributed by atoms with Crippen LogP contribution >= 0.6 is 0 Å². The van der Waals surface area contributed by atoms with Crippen molar-refractivity contribution in [1.29, 1.82) is 0 Å². The Hall–Kier alpha value is -1.42. The summed E-state index contributed by atoms with van der Waals surface area (Å²) in [7, 11) is 1.66. The molecule has 15 heavy (non-hydrogen) atoms. The van der Waals surface area contributed by atoms with Gasteiger partial charge < -0.3 is 4.74 Å². The predicted octanol–water partition coefficient (Wildman–Crippen LogP) is 2.56. The van der Waals surface area contributed by atoms with Crippen LogP contribution in [-0.2, 0) is 11.2 Å². The monoisotopic (exact) mass is 209 g/mol. The van der Waals surface area contributed by atoms with E-state index in [1.807, 2.05) is 13.0 Å². The fraction of sp³-hybridized carbons (Fsp3) is 0.455. The maximum Gasteiger partial charge on any atom is 0.269 e. The van der Waals surface area contributed by atoms with E-state index in [0.717, 1.165) is 12.0 Å². The summed E-state index contributed by atoms with van der Waals surface area (Å²) in [5, 5.41) is 10.6. The smallest absolute Gasteiger partial charge is 0.269 e. The van der Waals surface area contributed by atoms with E-state index >= 15 is 0 Å². The molecule has 0 amide bonds. The number of hydrogen-bond donors (Lipinski definition) is 0. The van der Waals surface area contributed by atoms with Crippen LogP contribution in [0.25, 0.3) is 0 Å². The highest BCUT2D eigenvalue weighted by Gasteiger charge is 2.09. The lowest BCUT2D eigenvalue weighted by atomic mass is 10.1. The highest BCUT2D eigenvalue weighted by atomic mass is 16.6. The molecule has 1 rings (SSSR count). The van der Waals surface area contributed by atoms with Crippen molar-refractivity contribution in [2.24, 2.45) is 0 Å². The third-order valence-corrected chi connectivity index (χ3v) is 2.37. The van der Waals surface area contributed by atoms with Gasteiger partial charge in [0, 0.05) is 19.2 Å². The molecule has 0 heterocycles. The molecule has 0 spiro atoms. The van der Waals surface area contributed by atoms with Crippen LogP contribution in [0.4, 0.5) is 5.69 Å². The first kappa shape index (κ1) is 11.7. The minimum Gasteiger partial charge on any atom is -0.381 e. The average Bonchev–Trinajstić information content (AvgIpc) is 2.26. The maximum atomic E-state index is 10.6. The van der Waals surface area contributed by atoms with Gasteiger partial charge in [0.25, 0.3) is 5.69 Å². The van der Waals surface area contributed by atoms with Gasteiger partial charge in [0.05, 0.1) is 11.0 Å². The van der Waals surface area contributed by atoms with Gasteiger partial charge in [0.2, 0.25) is 0 Å². The van der Waals surface area contributed by atoms with Crippen LogP contribution < -0.4 is 0 Å². The van der Waals surface area contributed by atoms with Crippen molar-refractivity contribution in [3.63, 3.8) is 0 Å². The minimum atomic E-state index is -0.378. The van der Waals surface area contributed by atoms with Gasteiger partial charge >= 0.3 is 0 Å². The molecular weight excluding hydrogens is 194 g/mol. The van der Waals surface area contributed by atoms with Gasteiger partial charge in [-0.25, -0.2) is 0 Å². The highest BCUT2D eigenvalue weighted by Crippen LogP contribution is 2.15. The van der Waals surface area contributed by atoms with Gasteiger partial charge in [-0.05, 0) is 18.4 Å². The van der Waals surface area contributed by atoms with Gasteiger partial charge in [0.1, 0.15) is 0 Å². The summed E-state index contributed by atoms with van der Waals surface area (Å²) >= 11 is 0. The molecule has 0 aliphatic carbocycles. The topological polar surface area (TPSA) is 52.4 Å². The molecule has 4 heteroatoms. The minimum absolute atomic E-state index is 0.131. The standard InChI is InChI=1S/C11H15NO3/c1-3-11(15-2)8-9-5-4-6-10(7-9)12(13)14/h4-7,11H,3,8H2,1-2H3. The molecule has 0 saturated carbocycles. The first-order valence-corrected chi connectivity index (χ1v) is 4.93. The van der Waals surface area contributed by atoms with Crippen molar-refractivity contribution in [3.8, 4) is 0 Å². The van der Waals surface area contributed by atoms with Crippen molar-refractivity contribution in [2.75, 3.05) is 7.11 Å². The van der Waals surface area contributed by atoms with Crippen LogP contribution in [0.3, 0.4) is 0 Å². The van der Waals surface area contributed by atoms with Gasteiger partial charge in [-0.3, -0.25) is 10.1 Å². The quantitative estimate of drug-likeness (QED) is 0.553. The molecule has 82 valence electrons. The third-order valence-electron chi connectivity index (χ3n) is 2.37. The van der Waals surface area contributed by atoms with E-state index < -0.39 is 0 Å². The second-order valence-corrected chi connectivity index (χ2v) is 3.40. The number of nitrogens with zero attached hydrogens (tertiary/aromatic N) is 1. The molecule has 4 nitrogen and oxygen atoms in total. The van der Waals surface area contributed by atoms with E-state index in [0.29, 0.717) is 6.42 Å². The Morgan fingerprint density at radius 3 is 2.80 bits per heavy atom. The number of nitro benzene ring substituents is 1. The zero-order valence-electron chi connectivity index (χ0n) is 8.97. The molecule has 0 aliphatic heterocycles.